The molecule has 0 spiro atoms. The molecule has 0 amide bonds. The van der Waals surface area contributed by atoms with Crippen LogP contribution in [0.2, 0.25) is 6.04 Å². The summed E-state index contributed by atoms with van der Waals surface area (Å²) in [5, 5.41) is 9.02. The molecule has 0 aliphatic carbocycles. The Bertz CT molecular complexity index is 300. The molecular formula is C14H27O5Si. The maximum Gasteiger partial charge on any atom is 0.378 e. The lowest BCUT2D eigenvalue weighted by atomic mass is 10.1. The Morgan fingerprint density at radius 2 is 1.85 bits per heavy atom. The Morgan fingerprint density at radius 3 is 2.20 bits per heavy atom. The largest absolute Gasteiger partial charge is 0.396 e. The zero-order chi connectivity index (χ0) is 15.6. The lowest BCUT2D eigenvalue weighted by molar-refractivity contribution is -0.137. The quantitative estimate of drug-likeness (QED) is 0.559. The number of carbonyl (C=O) groups is 1. The zero-order valence-corrected chi connectivity index (χ0v) is 14.1. The summed E-state index contributed by atoms with van der Waals surface area (Å²) in [6.07, 6.45) is 6.43. The fraction of sp³-hybridized carbons (Fsp3) is 0.786. The van der Waals surface area contributed by atoms with E-state index in [-0.39, 0.29) is 5.22 Å². The summed E-state index contributed by atoms with van der Waals surface area (Å²) in [4.78, 5) is 9.14. The van der Waals surface area contributed by atoms with E-state index in [0.717, 1.165) is 31.4 Å². The van der Waals surface area contributed by atoms with Crippen LogP contribution in [0.3, 0.4) is 0 Å². The molecule has 0 aromatic heterocycles. The Balaban J connectivity index is 0.000000621. The summed E-state index contributed by atoms with van der Waals surface area (Å²) in [6, 6.07) is 1.06. The highest BCUT2D eigenvalue weighted by Gasteiger charge is 2.58. The molecule has 117 valence electrons. The molecule has 1 fully saturated rings. The molecule has 1 heterocycles. The van der Waals surface area contributed by atoms with Gasteiger partial charge in [0.2, 0.25) is 0 Å². The number of hydrogen-bond acceptors (Lipinski definition) is 4. The van der Waals surface area contributed by atoms with Crippen LogP contribution in [0.1, 0.15) is 39.0 Å². The summed E-state index contributed by atoms with van der Waals surface area (Å²) >= 11 is 0. The fourth-order valence-electron chi connectivity index (χ4n) is 2.92. The normalized spacial score (nSPS) is 24.4. The number of rotatable bonds is 6. The molecule has 0 saturated carbocycles. The maximum absolute atomic E-state index is 9.14. The second-order valence-electron chi connectivity index (χ2n) is 4.84. The molecule has 6 heteroatoms. The van der Waals surface area contributed by atoms with Crippen molar-refractivity contribution in [1.82, 2.24) is 0 Å². The van der Waals surface area contributed by atoms with Gasteiger partial charge in [-0.25, -0.2) is 9.90 Å². The van der Waals surface area contributed by atoms with Crippen molar-refractivity contribution in [3.63, 3.8) is 0 Å². The average molecular weight is 303 g/mol. The first-order valence-corrected chi connectivity index (χ1v) is 8.98. The van der Waals surface area contributed by atoms with Gasteiger partial charge in [0, 0.05) is 27.4 Å². The molecule has 1 radical (unpaired) electrons. The van der Waals surface area contributed by atoms with E-state index in [2.05, 4.69) is 13.5 Å². The molecule has 1 atom stereocenters. The Morgan fingerprint density at radius 1 is 1.30 bits per heavy atom. The monoisotopic (exact) mass is 303 g/mol. The Labute approximate surface area is 123 Å². The van der Waals surface area contributed by atoms with E-state index < -0.39 is 14.5 Å². The minimum Gasteiger partial charge on any atom is -0.396 e. The van der Waals surface area contributed by atoms with Crippen molar-refractivity contribution in [3.8, 4) is 0 Å². The molecule has 20 heavy (non-hydrogen) atoms. The van der Waals surface area contributed by atoms with Crippen molar-refractivity contribution in [2.24, 2.45) is 0 Å². The van der Waals surface area contributed by atoms with Crippen LogP contribution in [0.5, 0.6) is 0 Å². The Hall–Kier alpha value is -0.693. The van der Waals surface area contributed by atoms with Gasteiger partial charge in [-0.05, 0) is 18.9 Å². The highest BCUT2D eigenvalue weighted by molar-refractivity contribution is 6.70. The topological polar surface area (TPSA) is 64.7 Å². The van der Waals surface area contributed by atoms with Crippen molar-refractivity contribution >= 4 is 14.5 Å². The highest BCUT2D eigenvalue weighted by atomic mass is 28.4. The first kappa shape index (κ1) is 19.3. The molecule has 1 rings (SSSR count). The number of methoxy groups -OCH3 is 1. The van der Waals surface area contributed by atoms with E-state index >= 15 is 0 Å². The van der Waals surface area contributed by atoms with Crippen LogP contribution in [0, 0.1) is 0 Å². The van der Waals surface area contributed by atoms with Gasteiger partial charge in [-0.15, -0.1) is 0 Å². The minimum atomic E-state index is -2.15. The van der Waals surface area contributed by atoms with Gasteiger partial charge in [-0.1, -0.05) is 32.8 Å². The third kappa shape index (κ3) is 4.41. The average Bonchev–Trinajstić information content (AvgIpc) is 2.48. The summed E-state index contributed by atoms with van der Waals surface area (Å²) in [7, 11) is 3.22. The van der Waals surface area contributed by atoms with E-state index in [9.17, 15) is 0 Å². The van der Waals surface area contributed by atoms with Crippen LogP contribution in [0.25, 0.3) is 0 Å². The van der Waals surface area contributed by atoms with Crippen molar-refractivity contribution < 1.29 is 23.5 Å². The third-order valence-corrected chi connectivity index (χ3v) is 8.32. The lowest BCUT2D eigenvalue weighted by Gasteiger charge is -2.47. The maximum atomic E-state index is 9.14. The molecule has 1 unspecified atom stereocenters. The van der Waals surface area contributed by atoms with E-state index in [0.29, 0.717) is 0 Å². The van der Waals surface area contributed by atoms with Crippen LogP contribution in [0.15, 0.2) is 12.7 Å². The third-order valence-electron chi connectivity index (χ3n) is 3.90. The zero-order valence-electron chi connectivity index (χ0n) is 13.1. The van der Waals surface area contributed by atoms with Gasteiger partial charge in [-0.2, -0.15) is 0 Å². The van der Waals surface area contributed by atoms with Gasteiger partial charge in [-0.3, -0.25) is 0 Å². The first-order valence-electron chi connectivity index (χ1n) is 6.96. The van der Waals surface area contributed by atoms with Crippen LogP contribution < -0.4 is 0 Å². The summed E-state index contributed by atoms with van der Waals surface area (Å²) in [5.41, 5.74) is 0. The number of ether oxygens (including phenoxy) is 1. The summed E-state index contributed by atoms with van der Waals surface area (Å²) in [5.74, 6) is -1.23. The smallest absolute Gasteiger partial charge is 0.378 e. The van der Waals surface area contributed by atoms with Crippen molar-refractivity contribution in [3.05, 3.63) is 12.7 Å². The number of hydrogen-bond donors (Lipinski definition) is 0. The highest BCUT2D eigenvalue weighted by Crippen LogP contribution is 2.42. The van der Waals surface area contributed by atoms with E-state index in [1.165, 1.54) is 12.8 Å². The molecule has 1 aliphatic rings. The molecule has 0 aromatic carbocycles. The van der Waals surface area contributed by atoms with Crippen molar-refractivity contribution in [2.45, 2.75) is 50.3 Å². The van der Waals surface area contributed by atoms with Gasteiger partial charge >= 0.3 is 14.5 Å². The lowest BCUT2D eigenvalue weighted by Crippen LogP contribution is -2.64. The van der Waals surface area contributed by atoms with Crippen LogP contribution in [-0.4, -0.2) is 41.1 Å². The van der Waals surface area contributed by atoms with E-state index in [1.54, 1.807) is 21.3 Å². The second kappa shape index (κ2) is 9.28. The first-order chi connectivity index (χ1) is 9.47. The molecule has 5 nitrogen and oxygen atoms in total. The number of carbonyl (C=O) groups excluding carboxylic acids is 1. The molecular weight excluding hydrogens is 276 g/mol. The van der Waals surface area contributed by atoms with Gasteiger partial charge < -0.3 is 13.6 Å². The molecule has 1 saturated heterocycles. The SMILES string of the molecule is C=CC([O])=O.CCCC1(OC)CCCC[Si]1(OC)OC. The molecule has 1 aliphatic heterocycles. The van der Waals surface area contributed by atoms with Gasteiger partial charge in [0.15, 0.2) is 0 Å². The van der Waals surface area contributed by atoms with Gasteiger partial charge in [0.1, 0.15) is 5.22 Å². The fourth-order valence-corrected chi connectivity index (χ4v) is 6.91. The van der Waals surface area contributed by atoms with Crippen LogP contribution in [-0.2, 0) is 23.5 Å². The predicted octanol–water partition coefficient (Wildman–Crippen LogP) is 2.76. The molecule has 0 aromatic rings. The molecule has 0 N–H and O–H groups in total. The summed E-state index contributed by atoms with van der Waals surface area (Å²) < 4.78 is 17.4. The Kier molecular flexibility index (Phi) is 8.96. The second-order valence-corrected chi connectivity index (χ2v) is 8.57. The van der Waals surface area contributed by atoms with E-state index in [1.807, 2.05) is 0 Å². The van der Waals surface area contributed by atoms with Crippen molar-refractivity contribution in [1.29, 1.82) is 0 Å². The minimum absolute atomic E-state index is 0.122. The predicted molar refractivity (Wildman–Crippen MR) is 79.0 cm³/mol. The molecule has 0 bridgehead atoms. The van der Waals surface area contributed by atoms with Gasteiger partial charge in [0.25, 0.3) is 0 Å². The van der Waals surface area contributed by atoms with Crippen LogP contribution >= 0.6 is 0 Å². The van der Waals surface area contributed by atoms with E-state index in [4.69, 9.17) is 23.5 Å². The van der Waals surface area contributed by atoms with Crippen LogP contribution in [0.4, 0.5) is 0 Å². The van der Waals surface area contributed by atoms with Gasteiger partial charge in [0.05, 0.1) is 0 Å². The summed E-state index contributed by atoms with van der Waals surface area (Å²) in [6.45, 7) is 5.09. The standard InChI is InChI=1S/C11H24O3Si.C3H3O2/c1-5-8-11(12-2)9-6-7-10-15(11,13-3)14-4;1-2-3(4)5/h5-10H2,1-4H3;2H,1H2. The van der Waals surface area contributed by atoms with Crippen molar-refractivity contribution in [2.75, 3.05) is 21.3 Å².